The summed E-state index contributed by atoms with van der Waals surface area (Å²) < 4.78 is 0. The van der Waals surface area contributed by atoms with E-state index < -0.39 is 0 Å². The fraction of sp³-hybridized carbons (Fsp3) is 0.562. The molecule has 1 unspecified atom stereocenters. The zero-order valence-corrected chi connectivity index (χ0v) is 12.1. The first-order valence-corrected chi connectivity index (χ1v) is 7.28. The predicted octanol–water partition coefficient (Wildman–Crippen LogP) is 3.06. The highest BCUT2D eigenvalue weighted by Crippen LogP contribution is 2.25. The Morgan fingerprint density at radius 3 is 2.74 bits per heavy atom. The quantitative estimate of drug-likeness (QED) is 0.902. The molecular formula is C16H24N2O. The van der Waals surface area contributed by atoms with Gasteiger partial charge in [0.15, 0.2) is 0 Å². The van der Waals surface area contributed by atoms with Gasteiger partial charge in [0.2, 0.25) is 5.91 Å². The summed E-state index contributed by atoms with van der Waals surface area (Å²) in [5, 5.41) is 3.39. The number of nitrogens with zero attached hydrogens (tertiary/aromatic N) is 1. The standard InChI is InChI=1S/C16H24N2O/c1-4-13(5-2)18(3)16(19)15-11-10-12-8-6-7-9-14(12)17-15/h6-9,13,15,17H,4-5,10-11H2,1-3H3. The molecule has 1 atom stereocenters. The monoisotopic (exact) mass is 260 g/mol. The number of hydrogen-bond donors (Lipinski definition) is 1. The van der Waals surface area contributed by atoms with E-state index in [-0.39, 0.29) is 11.9 Å². The molecule has 0 aromatic heterocycles. The van der Waals surface area contributed by atoms with Gasteiger partial charge in [-0.15, -0.1) is 0 Å². The molecule has 0 saturated carbocycles. The first-order chi connectivity index (χ1) is 9.17. The number of fused-ring (bicyclic) bond motifs is 1. The van der Waals surface area contributed by atoms with Crippen LogP contribution in [0.2, 0.25) is 0 Å². The molecule has 1 N–H and O–H groups in total. The van der Waals surface area contributed by atoms with E-state index in [1.165, 1.54) is 5.56 Å². The van der Waals surface area contributed by atoms with Crippen molar-refractivity contribution in [1.29, 1.82) is 0 Å². The van der Waals surface area contributed by atoms with Crippen LogP contribution in [0.3, 0.4) is 0 Å². The minimum atomic E-state index is -0.0690. The molecule has 104 valence electrons. The van der Waals surface area contributed by atoms with Gasteiger partial charge >= 0.3 is 0 Å². The van der Waals surface area contributed by atoms with E-state index in [0.29, 0.717) is 6.04 Å². The van der Waals surface area contributed by atoms with E-state index >= 15 is 0 Å². The van der Waals surface area contributed by atoms with E-state index in [9.17, 15) is 4.79 Å². The van der Waals surface area contributed by atoms with Crippen molar-refractivity contribution in [2.24, 2.45) is 0 Å². The van der Waals surface area contributed by atoms with Gasteiger partial charge < -0.3 is 10.2 Å². The van der Waals surface area contributed by atoms with E-state index in [1.54, 1.807) is 0 Å². The largest absolute Gasteiger partial charge is 0.373 e. The molecule has 1 aliphatic heterocycles. The van der Waals surface area contributed by atoms with Gasteiger partial charge in [-0.2, -0.15) is 0 Å². The Bertz CT molecular complexity index is 440. The molecular weight excluding hydrogens is 236 g/mol. The van der Waals surface area contributed by atoms with Crippen molar-refractivity contribution in [1.82, 2.24) is 4.90 Å². The second-order valence-corrected chi connectivity index (χ2v) is 5.31. The van der Waals surface area contributed by atoms with Crippen molar-refractivity contribution >= 4 is 11.6 Å². The smallest absolute Gasteiger partial charge is 0.245 e. The second-order valence-electron chi connectivity index (χ2n) is 5.31. The summed E-state index contributed by atoms with van der Waals surface area (Å²) in [7, 11) is 1.93. The third kappa shape index (κ3) is 2.91. The summed E-state index contributed by atoms with van der Waals surface area (Å²) in [5.74, 6) is 0.225. The fourth-order valence-electron chi connectivity index (χ4n) is 2.89. The molecule has 19 heavy (non-hydrogen) atoms. The van der Waals surface area contributed by atoms with Crippen LogP contribution in [0.25, 0.3) is 0 Å². The van der Waals surface area contributed by atoms with Crippen molar-refractivity contribution < 1.29 is 4.79 Å². The second kappa shape index (κ2) is 6.09. The summed E-state index contributed by atoms with van der Waals surface area (Å²) >= 11 is 0. The summed E-state index contributed by atoms with van der Waals surface area (Å²) in [5.41, 5.74) is 2.43. The van der Waals surface area contributed by atoms with Crippen molar-refractivity contribution in [3.05, 3.63) is 29.8 Å². The van der Waals surface area contributed by atoms with Gasteiger partial charge in [0.05, 0.1) is 0 Å². The molecule has 0 aliphatic carbocycles. The fourth-order valence-corrected chi connectivity index (χ4v) is 2.89. The Kier molecular flexibility index (Phi) is 4.46. The van der Waals surface area contributed by atoms with Crippen molar-refractivity contribution in [3.63, 3.8) is 0 Å². The highest BCUT2D eigenvalue weighted by molar-refractivity contribution is 5.85. The van der Waals surface area contributed by atoms with Crippen LogP contribution in [-0.4, -0.2) is 29.9 Å². The molecule has 1 aromatic rings. The minimum Gasteiger partial charge on any atom is -0.373 e. The topological polar surface area (TPSA) is 32.3 Å². The minimum absolute atomic E-state index is 0.0690. The SMILES string of the molecule is CCC(CC)N(C)C(=O)C1CCc2ccccc2N1. The number of benzene rings is 1. The third-order valence-corrected chi connectivity index (χ3v) is 4.19. The molecule has 3 heteroatoms. The Hall–Kier alpha value is -1.51. The number of aryl methyl sites for hydroxylation is 1. The van der Waals surface area contributed by atoms with Crippen LogP contribution >= 0.6 is 0 Å². The Labute approximate surface area is 116 Å². The van der Waals surface area contributed by atoms with Crippen LogP contribution in [0.4, 0.5) is 5.69 Å². The van der Waals surface area contributed by atoms with Crippen LogP contribution in [0, 0.1) is 0 Å². The van der Waals surface area contributed by atoms with E-state index in [1.807, 2.05) is 18.0 Å². The highest BCUT2D eigenvalue weighted by atomic mass is 16.2. The number of carbonyl (C=O) groups excluding carboxylic acids is 1. The van der Waals surface area contributed by atoms with Crippen LogP contribution < -0.4 is 5.32 Å². The lowest BCUT2D eigenvalue weighted by Gasteiger charge is -2.33. The van der Waals surface area contributed by atoms with Crippen LogP contribution in [0.15, 0.2) is 24.3 Å². The first-order valence-electron chi connectivity index (χ1n) is 7.28. The molecule has 0 saturated heterocycles. The normalized spacial score (nSPS) is 17.8. The van der Waals surface area contributed by atoms with Gasteiger partial charge in [-0.05, 0) is 37.3 Å². The van der Waals surface area contributed by atoms with E-state index in [4.69, 9.17) is 0 Å². The molecule has 1 heterocycles. The Morgan fingerprint density at radius 2 is 2.05 bits per heavy atom. The van der Waals surface area contributed by atoms with Gasteiger partial charge in [-0.3, -0.25) is 4.79 Å². The van der Waals surface area contributed by atoms with Crippen LogP contribution in [0.5, 0.6) is 0 Å². The zero-order chi connectivity index (χ0) is 13.8. The number of amides is 1. The molecule has 3 nitrogen and oxygen atoms in total. The number of hydrogen-bond acceptors (Lipinski definition) is 2. The molecule has 1 aliphatic rings. The maximum Gasteiger partial charge on any atom is 0.245 e. The highest BCUT2D eigenvalue weighted by Gasteiger charge is 2.28. The number of rotatable bonds is 4. The lowest BCUT2D eigenvalue weighted by atomic mass is 9.97. The van der Waals surface area contributed by atoms with Gasteiger partial charge in [0, 0.05) is 18.8 Å². The van der Waals surface area contributed by atoms with Gasteiger partial charge in [-0.1, -0.05) is 32.0 Å². The summed E-state index contributed by atoms with van der Waals surface area (Å²) in [6.45, 7) is 4.28. The summed E-state index contributed by atoms with van der Waals surface area (Å²) in [6, 6.07) is 8.55. The number of likely N-dealkylation sites (N-methyl/N-ethyl adjacent to an activating group) is 1. The average Bonchev–Trinajstić information content (AvgIpc) is 2.47. The number of para-hydroxylation sites is 1. The number of carbonyl (C=O) groups is 1. The summed E-state index contributed by atoms with van der Waals surface area (Å²) in [4.78, 5) is 14.5. The summed E-state index contributed by atoms with van der Waals surface area (Å²) in [6.07, 6.45) is 3.90. The van der Waals surface area contributed by atoms with Gasteiger partial charge in [0.25, 0.3) is 0 Å². The van der Waals surface area contributed by atoms with E-state index in [2.05, 4.69) is 37.4 Å². The predicted molar refractivity (Wildman–Crippen MR) is 79.3 cm³/mol. The molecule has 1 aromatic carbocycles. The molecule has 0 fully saturated rings. The van der Waals surface area contributed by atoms with Crippen molar-refractivity contribution in [2.75, 3.05) is 12.4 Å². The Morgan fingerprint density at radius 1 is 1.37 bits per heavy atom. The van der Waals surface area contributed by atoms with Gasteiger partial charge in [-0.25, -0.2) is 0 Å². The first kappa shape index (κ1) is 13.9. The van der Waals surface area contributed by atoms with Crippen molar-refractivity contribution in [2.45, 2.75) is 51.6 Å². The lowest BCUT2D eigenvalue weighted by Crippen LogP contribution is -2.46. The number of anilines is 1. The third-order valence-electron chi connectivity index (χ3n) is 4.19. The zero-order valence-electron chi connectivity index (χ0n) is 12.1. The maximum absolute atomic E-state index is 12.5. The van der Waals surface area contributed by atoms with Crippen molar-refractivity contribution in [3.8, 4) is 0 Å². The van der Waals surface area contributed by atoms with Crippen LogP contribution in [-0.2, 0) is 11.2 Å². The lowest BCUT2D eigenvalue weighted by molar-refractivity contribution is -0.133. The van der Waals surface area contributed by atoms with E-state index in [0.717, 1.165) is 31.4 Å². The number of nitrogens with one attached hydrogen (secondary N) is 1. The van der Waals surface area contributed by atoms with Crippen LogP contribution in [0.1, 0.15) is 38.7 Å². The average molecular weight is 260 g/mol. The Balaban J connectivity index is 2.06. The maximum atomic E-state index is 12.5. The molecule has 0 radical (unpaired) electrons. The molecule has 0 bridgehead atoms. The molecule has 1 amide bonds. The molecule has 0 spiro atoms. The molecule has 2 rings (SSSR count). The van der Waals surface area contributed by atoms with Gasteiger partial charge in [0.1, 0.15) is 6.04 Å².